The summed E-state index contributed by atoms with van der Waals surface area (Å²) in [7, 11) is 0. The minimum atomic E-state index is -0.0228. The van der Waals surface area contributed by atoms with Crippen LogP contribution in [0.2, 0.25) is 0 Å². The van der Waals surface area contributed by atoms with Gasteiger partial charge in [0.25, 0.3) is 0 Å². The van der Waals surface area contributed by atoms with Crippen molar-refractivity contribution in [2.45, 2.75) is 6.61 Å². The van der Waals surface area contributed by atoms with Gasteiger partial charge in [-0.1, -0.05) is 28.1 Å². The maximum absolute atomic E-state index is 9.15. The number of nitrogens with zero attached hydrogens (tertiary/aromatic N) is 3. The van der Waals surface area contributed by atoms with Gasteiger partial charge in [0.15, 0.2) is 0 Å². The standard InChI is InChI=1S/C17H12BrN3OS/c18-13-3-1-2-11(6-13)14-8-21-7-12(4-5-16(21)19-14)15-10-23-17(9-22)20-15/h1-8,10,22H,9H2. The van der Waals surface area contributed by atoms with Gasteiger partial charge in [-0.15, -0.1) is 11.3 Å². The second-order valence-electron chi connectivity index (χ2n) is 5.10. The third-order valence-corrected chi connectivity index (χ3v) is 4.88. The molecule has 6 heteroatoms. The van der Waals surface area contributed by atoms with E-state index in [1.54, 1.807) is 0 Å². The zero-order valence-electron chi connectivity index (χ0n) is 12.0. The number of pyridine rings is 1. The molecule has 4 aromatic rings. The van der Waals surface area contributed by atoms with Crippen molar-refractivity contribution in [3.05, 3.63) is 63.7 Å². The highest BCUT2D eigenvalue weighted by Crippen LogP contribution is 2.26. The van der Waals surface area contributed by atoms with Crippen molar-refractivity contribution in [2.75, 3.05) is 0 Å². The van der Waals surface area contributed by atoms with Crippen molar-refractivity contribution < 1.29 is 5.11 Å². The van der Waals surface area contributed by atoms with Crippen LogP contribution < -0.4 is 0 Å². The molecule has 3 heterocycles. The fourth-order valence-electron chi connectivity index (χ4n) is 2.45. The Morgan fingerprint density at radius 1 is 1.04 bits per heavy atom. The van der Waals surface area contributed by atoms with E-state index in [1.807, 2.05) is 52.5 Å². The molecule has 0 aliphatic carbocycles. The van der Waals surface area contributed by atoms with E-state index in [-0.39, 0.29) is 6.61 Å². The molecule has 0 bridgehead atoms. The van der Waals surface area contributed by atoms with Crippen LogP contribution in [0.3, 0.4) is 0 Å². The second kappa shape index (κ2) is 5.88. The smallest absolute Gasteiger partial charge is 0.137 e. The Kier molecular flexibility index (Phi) is 3.72. The van der Waals surface area contributed by atoms with Gasteiger partial charge in [0.05, 0.1) is 18.0 Å². The highest BCUT2D eigenvalue weighted by atomic mass is 79.9. The number of imidazole rings is 1. The van der Waals surface area contributed by atoms with Gasteiger partial charge in [-0.05, 0) is 24.3 Å². The summed E-state index contributed by atoms with van der Waals surface area (Å²) < 4.78 is 3.04. The summed E-state index contributed by atoms with van der Waals surface area (Å²) in [5.41, 5.74) is 4.77. The lowest BCUT2D eigenvalue weighted by molar-refractivity contribution is 0.281. The Morgan fingerprint density at radius 2 is 1.96 bits per heavy atom. The fraction of sp³-hybridized carbons (Fsp3) is 0.0588. The van der Waals surface area contributed by atoms with Crippen molar-refractivity contribution in [2.24, 2.45) is 0 Å². The Morgan fingerprint density at radius 3 is 2.74 bits per heavy atom. The first-order valence-corrected chi connectivity index (χ1v) is 8.70. The summed E-state index contributed by atoms with van der Waals surface area (Å²) in [6, 6.07) is 12.1. The van der Waals surface area contributed by atoms with E-state index in [0.717, 1.165) is 37.6 Å². The van der Waals surface area contributed by atoms with Crippen LogP contribution in [0.15, 0.2) is 58.6 Å². The van der Waals surface area contributed by atoms with Crippen molar-refractivity contribution in [3.8, 4) is 22.5 Å². The van der Waals surface area contributed by atoms with Crippen LogP contribution in [0.1, 0.15) is 5.01 Å². The first-order chi connectivity index (χ1) is 11.2. The molecule has 0 fully saturated rings. The molecular formula is C17H12BrN3OS. The lowest BCUT2D eigenvalue weighted by Gasteiger charge is -1.98. The van der Waals surface area contributed by atoms with Crippen LogP contribution >= 0.6 is 27.3 Å². The molecule has 0 aliphatic rings. The fourth-order valence-corrected chi connectivity index (χ4v) is 3.51. The largest absolute Gasteiger partial charge is 0.389 e. The third-order valence-electron chi connectivity index (χ3n) is 3.55. The molecule has 0 atom stereocenters. The molecule has 1 aromatic carbocycles. The second-order valence-corrected chi connectivity index (χ2v) is 6.96. The van der Waals surface area contributed by atoms with E-state index in [9.17, 15) is 0 Å². The summed E-state index contributed by atoms with van der Waals surface area (Å²) >= 11 is 4.95. The van der Waals surface area contributed by atoms with E-state index in [4.69, 9.17) is 5.11 Å². The van der Waals surface area contributed by atoms with Crippen LogP contribution in [0.25, 0.3) is 28.2 Å². The average Bonchev–Trinajstić information content (AvgIpc) is 3.20. The highest BCUT2D eigenvalue weighted by Gasteiger charge is 2.08. The number of aliphatic hydroxyl groups excluding tert-OH is 1. The number of aromatic nitrogens is 3. The number of aliphatic hydroxyl groups is 1. The van der Waals surface area contributed by atoms with Gasteiger partial charge >= 0.3 is 0 Å². The summed E-state index contributed by atoms with van der Waals surface area (Å²) in [4.78, 5) is 9.08. The summed E-state index contributed by atoms with van der Waals surface area (Å²) in [5, 5.41) is 11.8. The quantitative estimate of drug-likeness (QED) is 0.569. The van der Waals surface area contributed by atoms with Crippen molar-refractivity contribution in [3.63, 3.8) is 0 Å². The van der Waals surface area contributed by atoms with Gasteiger partial charge < -0.3 is 9.51 Å². The van der Waals surface area contributed by atoms with Crippen molar-refractivity contribution in [1.82, 2.24) is 14.4 Å². The Labute approximate surface area is 145 Å². The number of halogens is 1. The van der Waals surface area contributed by atoms with E-state index in [0.29, 0.717) is 0 Å². The van der Waals surface area contributed by atoms with Crippen LogP contribution in [-0.2, 0) is 6.61 Å². The van der Waals surface area contributed by atoms with E-state index in [2.05, 4.69) is 32.0 Å². The van der Waals surface area contributed by atoms with Crippen LogP contribution in [0.5, 0.6) is 0 Å². The normalized spacial score (nSPS) is 11.2. The summed E-state index contributed by atoms with van der Waals surface area (Å²) in [5.74, 6) is 0. The number of thiazole rings is 1. The van der Waals surface area contributed by atoms with E-state index < -0.39 is 0 Å². The van der Waals surface area contributed by atoms with E-state index in [1.165, 1.54) is 11.3 Å². The molecule has 23 heavy (non-hydrogen) atoms. The summed E-state index contributed by atoms with van der Waals surface area (Å²) in [6.45, 7) is -0.0228. The van der Waals surface area contributed by atoms with Gasteiger partial charge in [-0.25, -0.2) is 9.97 Å². The molecule has 3 aromatic heterocycles. The Hall–Kier alpha value is -2.02. The zero-order chi connectivity index (χ0) is 15.8. The molecular weight excluding hydrogens is 374 g/mol. The predicted octanol–water partition coefficient (Wildman–Crippen LogP) is 4.38. The molecule has 4 nitrogen and oxygen atoms in total. The molecule has 0 radical (unpaired) electrons. The van der Waals surface area contributed by atoms with Gasteiger partial charge in [0, 0.05) is 33.4 Å². The average molecular weight is 386 g/mol. The maximum atomic E-state index is 9.15. The Balaban J connectivity index is 1.77. The molecule has 4 rings (SSSR count). The van der Waals surface area contributed by atoms with Crippen LogP contribution in [0.4, 0.5) is 0 Å². The molecule has 0 unspecified atom stereocenters. The maximum Gasteiger partial charge on any atom is 0.137 e. The molecule has 0 spiro atoms. The number of benzene rings is 1. The molecule has 0 saturated heterocycles. The predicted molar refractivity (Wildman–Crippen MR) is 95.4 cm³/mol. The third kappa shape index (κ3) is 2.81. The molecule has 1 N–H and O–H groups in total. The number of rotatable bonds is 3. The number of hydrogen-bond donors (Lipinski definition) is 1. The minimum Gasteiger partial charge on any atom is -0.389 e. The van der Waals surface area contributed by atoms with Gasteiger partial charge in [0.1, 0.15) is 10.7 Å². The lowest BCUT2D eigenvalue weighted by Crippen LogP contribution is -1.86. The molecule has 0 amide bonds. The van der Waals surface area contributed by atoms with Gasteiger partial charge in [-0.2, -0.15) is 0 Å². The minimum absolute atomic E-state index is 0.0228. The summed E-state index contributed by atoms with van der Waals surface area (Å²) in [6.07, 6.45) is 4.03. The highest BCUT2D eigenvalue weighted by molar-refractivity contribution is 9.10. The monoisotopic (exact) mass is 385 g/mol. The van der Waals surface area contributed by atoms with Crippen LogP contribution in [-0.4, -0.2) is 19.5 Å². The SMILES string of the molecule is OCc1nc(-c2ccc3nc(-c4cccc(Br)c4)cn3c2)cs1. The van der Waals surface area contributed by atoms with Gasteiger partial charge in [-0.3, -0.25) is 0 Å². The van der Waals surface area contributed by atoms with Crippen molar-refractivity contribution >= 4 is 32.9 Å². The number of fused-ring (bicyclic) bond motifs is 1. The molecule has 0 aliphatic heterocycles. The van der Waals surface area contributed by atoms with Gasteiger partial charge in [0.2, 0.25) is 0 Å². The molecule has 0 saturated carbocycles. The topological polar surface area (TPSA) is 50.4 Å². The molecule has 114 valence electrons. The van der Waals surface area contributed by atoms with Crippen molar-refractivity contribution in [1.29, 1.82) is 0 Å². The lowest BCUT2D eigenvalue weighted by atomic mass is 10.2. The van der Waals surface area contributed by atoms with Crippen LogP contribution in [0, 0.1) is 0 Å². The number of hydrogen-bond acceptors (Lipinski definition) is 4. The first kappa shape index (κ1) is 14.6. The van der Waals surface area contributed by atoms with E-state index >= 15 is 0 Å². The Bertz CT molecular complexity index is 992. The zero-order valence-corrected chi connectivity index (χ0v) is 14.4. The first-order valence-electron chi connectivity index (χ1n) is 7.03.